The molecule has 0 aliphatic rings. The summed E-state index contributed by atoms with van der Waals surface area (Å²) in [4.78, 5) is 0. The molecule has 1 heterocycles. The minimum absolute atomic E-state index is 0.285. The van der Waals surface area contributed by atoms with E-state index in [4.69, 9.17) is 0 Å². The van der Waals surface area contributed by atoms with E-state index in [1.54, 1.807) is 7.05 Å². The number of rotatable bonds is 6. The van der Waals surface area contributed by atoms with Crippen molar-refractivity contribution in [1.82, 2.24) is 15.1 Å². The first-order valence-corrected chi connectivity index (χ1v) is 7.26. The molecule has 1 N–H and O–H groups in total. The number of nitrogens with zero attached hydrogens (tertiary/aromatic N) is 2. The van der Waals surface area contributed by atoms with Crippen LogP contribution in [0, 0.1) is 11.6 Å². The van der Waals surface area contributed by atoms with Gasteiger partial charge in [-0.2, -0.15) is 5.10 Å². The molecule has 21 heavy (non-hydrogen) atoms. The predicted octanol–water partition coefficient (Wildman–Crippen LogP) is 3.25. The standard InChI is InChI=1S/C16H21F2N3/c1-4-12-9-13(21(5-2)20-12)10-16(19-3)14-8-11(17)6-7-15(14)18/h6-9,16,19H,4-5,10H2,1-3H3. The molecule has 0 amide bonds. The first kappa shape index (κ1) is 15.6. The van der Waals surface area contributed by atoms with Gasteiger partial charge in [-0.15, -0.1) is 0 Å². The lowest BCUT2D eigenvalue weighted by atomic mass is 10.0. The van der Waals surface area contributed by atoms with E-state index in [0.29, 0.717) is 12.0 Å². The third-order valence-electron chi connectivity index (χ3n) is 3.67. The highest BCUT2D eigenvalue weighted by Crippen LogP contribution is 2.22. The molecule has 0 aliphatic heterocycles. The zero-order chi connectivity index (χ0) is 15.4. The summed E-state index contributed by atoms with van der Waals surface area (Å²) in [7, 11) is 1.75. The van der Waals surface area contributed by atoms with Crippen LogP contribution in [0.15, 0.2) is 24.3 Å². The molecule has 2 rings (SSSR count). The Morgan fingerprint density at radius 3 is 2.62 bits per heavy atom. The Morgan fingerprint density at radius 1 is 1.24 bits per heavy atom. The molecule has 0 saturated heterocycles. The molecule has 1 atom stereocenters. The van der Waals surface area contributed by atoms with Gasteiger partial charge in [0, 0.05) is 30.3 Å². The maximum Gasteiger partial charge on any atom is 0.128 e. The maximum atomic E-state index is 13.9. The Labute approximate surface area is 124 Å². The lowest BCUT2D eigenvalue weighted by Gasteiger charge is -2.18. The average molecular weight is 293 g/mol. The molecule has 0 spiro atoms. The topological polar surface area (TPSA) is 29.9 Å². The van der Waals surface area contributed by atoms with Gasteiger partial charge in [-0.3, -0.25) is 4.68 Å². The molecule has 1 aromatic carbocycles. The number of likely N-dealkylation sites (N-methyl/N-ethyl adjacent to an activating group) is 1. The van der Waals surface area contributed by atoms with Crippen molar-refractivity contribution in [2.24, 2.45) is 0 Å². The van der Waals surface area contributed by atoms with Crippen molar-refractivity contribution < 1.29 is 8.78 Å². The molecule has 1 unspecified atom stereocenters. The molecule has 0 aliphatic carbocycles. The third kappa shape index (κ3) is 3.47. The molecule has 0 bridgehead atoms. The van der Waals surface area contributed by atoms with Gasteiger partial charge in [0.15, 0.2) is 0 Å². The van der Waals surface area contributed by atoms with Crippen molar-refractivity contribution in [3.63, 3.8) is 0 Å². The highest BCUT2D eigenvalue weighted by molar-refractivity contribution is 5.24. The summed E-state index contributed by atoms with van der Waals surface area (Å²) >= 11 is 0. The fraction of sp³-hybridized carbons (Fsp3) is 0.438. The number of aryl methyl sites for hydroxylation is 2. The number of benzene rings is 1. The molecule has 5 heteroatoms. The van der Waals surface area contributed by atoms with Crippen LogP contribution in [0.5, 0.6) is 0 Å². The normalized spacial score (nSPS) is 12.6. The zero-order valence-corrected chi connectivity index (χ0v) is 12.7. The second-order valence-corrected chi connectivity index (χ2v) is 5.01. The molecule has 3 nitrogen and oxygen atoms in total. The summed E-state index contributed by atoms with van der Waals surface area (Å²) in [5.41, 5.74) is 2.39. The van der Waals surface area contributed by atoms with E-state index in [9.17, 15) is 8.78 Å². The van der Waals surface area contributed by atoms with Crippen LogP contribution >= 0.6 is 0 Å². The highest BCUT2D eigenvalue weighted by atomic mass is 19.1. The Bertz CT molecular complexity index is 608. The van der Waals surface area contributed by atoms with Crippen LogP contribution in [0.25, 0.3) is 0 Å². The predicted molar refractivity (Wildman–Crippen MR) is 79.1 cm³/mol. The molecule has 114 valence electrons. The van der Waals surface area contributed by atoms with E-state index in [-0.39, 0.29) is 6.04 Å². The fourth-order valence-corrected chi connectivity index (χ4v) is 2.48. The zero-order valence-electron chi connectivity index (χ0n) is 12.7. The summed E-state index contributed by atoms with van der Waals surface area (Å²) in [6.45, 7) is 4.83. The van der Waals surface area contributed by atoms with Gasteiger partial charge in [0.1, 0.15) is 11.6 Å². The van der Waals surface area contributed by atoms with Crippen molar-refractivity contribution in [2.75, 3.05) is 7.05 Å². The maximum absolute atomic E-state index is 13.9. The van der Waals surface area contributed by atoms with Gasteiger partial charge in [-0.1, -0.05) is 6.92 Å². The summed E-state index contributed by atoms with van der Waals surface area (Å²) in [6, 6.07) is 5.31. The number of aromatic nitrogens is 2. The molecular weight excluding hydrogens is 272 g/mol. The van der Waals surface area contributed by atoms with Crippen molar-refractivity contribution in [1.29, 1.82) is 0 Å². The number of hydrogen-bond acceptors (Lipinski definition) is 2. The monoisotopic (exact) mass is 293 g/mol. The molecule has 0 fully saturated rings. The summed E-state index contributed by atoms with van der Waals surface area (Å²) in [5.74, 6) is -0.820. The van der Waals surface area contributed by atoms with Gasteiger partial charge in [0.05, 0.1) is 5.69 Å². The van der Waals surface area contributed by atoms with Gasteiger partial charge in [-0.25, -0.2) is 8.78 Å². The van der Waals surface area contributed by atoms with Gasteiger partial charge < -0.3 is 5.32 Å². The second kappa shape index (κ2) is 6.80. The Morgan fingerprint density at radius 2 is 2.00 bits per heavy atom. The van der Waals surface area contributed by atoms with Crippen molar-refractivity contribution in [3.05, 3.63) is 52.9 Å². The second-order valence-electron chi connectivity index (χ2n) is 5.01. The van der Waals surface area contributed by atoms with Crippen molar-refractivity contribution in [2.45, 2.75) is 39.3 Å². The highest BCUT2D eigenvalue weighted by Gasteiger charge is 2.18. The summed E-state index contributed by atoms with van der Waals surface area (Å²) < 4.78 is 29.2. The summed E-state index contributed by atoms with van der Waals surface area (Å²) in [6.07, 6.45) is 1.43. The van der Waals surface area contributed by atoms with Crippen molar-refractivity contribution >= 4 is 0 Å². The summed E-state index contributed by atoms with van der Waals surface area (Å²) in [5, 5.41) is 7.55. The molecule has 1 aromatic heterocycles. The van der Waals surface area contributed by atoms with Gasteiger partial charge in [0.25, 0.3) is 0 Å². The molecule has 0 radical (unpaired) electrons. The van der Waals surface area contributed by atoms with Gasteiger partial charge in [0.2, 0.25) is 0 Å². The van der Waals surface area contributed by atoms with E-state index >= 15 is 0 Å². The lowest BCUT2D eigenvalue weighted by Crippen LogP contribution is -2.21. The third-order valence-corrected chi connectivity index (χ3v) is 3.67. The van der Waals surface area contributed by atoms with Crippen LogP contribution in [-0.4, -0.2) is 16.8 Å². The van der Waals surface area contributed by atoms with E-state index in [1.807, 2.05) is 24.6 Å². The largest absolute Gasteiger partial charge is 0.313 e. The Balaban J connectivity index is 2.30. The van der Waals surface area contributed by atoms with E-state index in [2.05, 4.69) is 10.4 Å². The molecule has 2 aromatic rings. The number of halogens is 2. The number of hydrogen-bond donors (Lipinski definition) is 1. The van der Waals surface area contributed by atoms with Gasteiger partial charge >= 0.3 is 0 Å². The number of nitrogens with one attached hydrogen (secondary N) is 1. The van der Waals surface area contributed by atoms with Crippen LogP contribution in [0.1, 0.15) is 36.8 Å². The first-order chi connectivity index (χ1) is 10.1. The van der Waals surface area contributed by atoms with Crippen LogP contribution in [-0.2, 0) is 19.4 Å². The fourth-order valence-electron chi connectivity index (χ4n) is 2.48. The molecule has 0 saturated carbocycles. The van der Waals surface area contributed by atoms with Crippen LogP contribution in [0.3, 0.4) is 0 Å². The van der Waals surface area contributed by atoms with E-state index in [0.717, 1.165) is 30.4 Å². The quantitative estimate of drug-likeness (QED) is 0.886. The van der Waals surface area contributed by atoms with Crippen LogP contribution in [0.4, 0.5) is 8.78 Å². The minimum Gasteiger partial charge on any atom is -0.313 e. The van der Waals surface area contributed by atoms with E-state index < -0.39 is 11.6 Å². The van der Waals surface area contributed by atoms with Crippen LogP contribution in [0.2, 0.25) is 0 Å². The SMILES string of the molecule is CCc1cc(CC(NC)c2cc(F)ccc2F)n(CC)n1. The minimum atomic E-state index is -0.426. The van der Waals surface area contributed by atoms with Gasteiger partial charge in [-0.05, 0) is 44.7 Å². The lowest BCUT2D eigenvalue weighted by molar-refractivity contribution is 0.503. The van der Waals surface area contributed by atoms with Crippen molar-refractivity contribution in [3.8, 4) is 0 Å². The smallest absolute Gasteiger partial charge is 0.128 e. The molecular formula is C16H21F2N3. The average Bonchev–Trinajstić information content (AvgIpc) is 2.89. The Hall–Kier alpha value is -1.75. The van der Waals surface area contributed by atoms with Crippen LogP contribution < -0.4 is 5.32 Å². The van der Waals surface area contributed by atoms with E-state index in [1.165, 1.54) is 12.1 Å². The first-order valence-electron chi connectivity index (χ1n) is 7.26. The Kier molecular flexibility index (Phi) is 5.07.